The Morgan fingerprint density at radius 2 is 1.93 bits per heavy atom. The molecule has 0 radical (unpaired) electrons. The number of nitrogens with one attached hydrogen (secondary N) is 1. The average molecular weight is 407 g/mol. The summed E-state index contributed by atoms with van der Waals surface area (Å²) in [5.74, 6) is -0.690. The van der Waals surface area contributed by atoms with Crippen molar-refractivity contribution >= 4 is 41.1 Å². The first-order valence-electron chi connectivity index (χ1n) is 7.82. The van der Waals surface area contributed by atoms with E-state index in [1.54, 1.807) is 6.92 Å². The van der Waals surface area contributed by atoms with Gasteiger partial charge in [0, 0.05) is 18.4 Å². The van der Waals surface area contributed by atoms with Crippen molar-refractivity contribution in [1.82, 2.24) is 5.32 Å². The molecule has 2 aromatic carbocycles. The number of aryl methyl sites for hydroxylation is 1. The minimum Gasteiger partial charge on any atom is -0.456 e. The number of aliphatic imine (C=N–C) groups is 1. The van der Waals surface area contributed by atoms with E-state index in [4.69, 9.17) is 27.9 Å². The highest BCUT2D eigenvalue weighted by Gasteiger charge is 2.19. The van der Waals surface area contributed by atoms with Gasteiger partial charge in [0.05, 0.1) is 21.3 Å². The van der Waals surface area contributed by atoms with Gasteiger partial charge in [-0.3, -0.25) is 14.6 Å². The quantitative estimate of drug-likeness (QED) is 0.812. The summed E-state index contributed by atoms with van der Waals surface area (Å²) in [6, 6.07) is 6.76. The molecular formula is C19H13Cl2FN2O3. The van der Waals surface area contributed by atoms with Gasteiger partial charge in [-0.1, -0.05) is 23.2 Å². The second-order valence-corrected chi connectivity index (χ2v) is 6.58. The number of hydrogen-bond acceptors (Lipinski definition) is 4. The van der Waals surface area contributed by atoms with Gasteiger partial charge in [0.25, 0.3) is 5.91 Å². The molecule has 3 rings (SSSR count). The molecule has 0 bridgehead atoms. The molecule has 0 spiro atoms. The average Bonchev–Trinajstić information content (AvgIpc) is 2.60. The van der Waals surface area contributed by atoms with E-state index in [2.05, 4.69) is 10.3 Å². The van der Waals surface area contributed by atoms with Gasteiger partial charge in [0.1, 0.15) is 23.9 Å². The summed E-state index contributed by atoms with van der Waals surface area (Å²) in [6.07, 6.45) is 2.68. The molecule has 1 heterocycles. The zero-order valence-electron chi connectivity index (χ0n) is 14.1. The number of carbonyl (C=O) groups is 2. The lowest BCUT2D eigenvalue weighted by molar-refractivity contribution is -0.113. The highest BCUT2D eigenvalue weighted by atomic mass is 35.5. The normalized spacial score (nSPS) is 13.3. The zero-order valence-corrected chi connectivity index (χ0v) is 15.6. The van der Waals surface area contributed by atoms with Crippen LogP contribution in [0.3, 0.4) is 0 Å². The van der Waals surface area contributed by atoms with E-state index in [1.807, 2.05) is 0 Å². The molecule has 1 amide bonds. The molecule has 0 saturated carbocycles. The number of halogens is 3. The van der Waals surface area contributed by atoms with Crippen LogP contribution in [0.2, 0.25) is 10.0 Å². The zero-order chi connectivity index (χ0) is 19.6. The Kier molecular flexibility index (Phi) is 5.58. The number of allylic oxidation sites excluding steroid dienone is 1. The molecule has 8 heteroatoms. The summed E-state index contributed by atoms with van der Waals surface area (Å²) >= 11 is 12.1. The van der Waals surface area contributed by atoms with Gasteiger partial charge >= 0.3 is 0 Å². The van der Waals surface area contributed by atoms with Crippen molar-refractivity contribution in [3.8, 4) is 11.5 Å². The number of hydrogen-bond donors (Lipinski definition) is 1. The van der Waals surface area contributed by atoms with Gasteiger partial charge in [-0.2, -0.15) is 0 Å². The van der Waals surface area contributed by atoms with E-state index in [9.17, 15) is 14.0 Å². The van der Waals surface area contributed by atoms with Crippen molar-refractivity contribution in [2.45, 2.75) is 6.92 Å². The smallest absolute Gasteiger partial charge is 0.259 e. The minimum absolute atomic E-state index is 0.0460. The number of carbonyl (C=O) groups excluding carboxylic acids is 2. The van der Waals surface area contributed by atoms with E-state index in [-0.39, 0.29) is 39.4 Å². The number of ether oxygens (including phenoxy) is 1. The van der Waals surface area contributed by atoms with Crippen LogP contribution in [0.1, 0.15) is 15.9 Å². The molecule has 5 nitrogen and oxygen atoms in total. The summed E-state index contributed by atoms with van der Waals surface area (Å²) in [4.78, 5) is 28.0. The Hall–Kier alpha value is -2.70. The minimum atomic E-state index is -0.560. The van der Waals surface area contributed by atoms with E-state index in [1.165, 1.54) is 42.6 Å². The number of rotatable bonds is 4. The van der Waals surface area contributed by atoms with Crippen LogP contribution >= 0.6 is 23.2 Å². The lowest BCUT2D eigenvalue weighted by Crippen LogP contribution is -2.26. The first-order valence-corrected chi connectivity index (χ1v) is 8.58. The van der Waals surface area contributed by atoms with Crippen LogP contribution in [0.5, 0.6) is 11.5 Å². The van der Waals surface area contributed by atoms with Crippen LogP contribution in [0.25, 0.3) is 0 Å². The number of benzene rings is 2. The third kappa shape index (κ3) is 4.53. The van der Waals surface area contributed by atoms with Crippen LogP contribution in [0.15, 0.2) is 47.1 Å². The molecule has 27 heavy (non-hydrogen) atoms. The first kappa shape index (κ1) is 19.1. The Bertz CT molecular complexity index is 1000. The summed E-state index contributed by atoms with van der Waals surface area (Å²) in [5.41, 5.74) is 0.895. The number of nitrogens with zero attached hydrogens (tertiary/aromatic N) is 1. The van der Waals surface area contributed by atoms with Crippen LogP contribution in [-0.4, -0.2) is 24.4 Å². The number of amides is 1. The van der Waals surface area contributed by atoms with Crippen molar-refractivity contribution < 1.29 is 18.7 Å². The Morgan fingerprint density at radius 1 is 1.19 bits per heavy atom. The molecule has 0 unspecified atom stereocenters. The first-order chi connectivity index (χ1) is 12.8. The van der Waals surface area contributed by atoms with E-state index in [0.717, 1.165) is 0 Å². The van der Waals surface area contributed by atoms with Crippen LogP contribution in [0, 0.1) is 12.7 Å². The fourth-order valence-corrected chi connectivity index (χ4v) is 2.71. The number of ketones is 1. The third-order valence-electron chi connectivity index (χ3n) is 3.68. The van der Waals surface area contributed by atoms with Crippen molar-refractivity contribution in [2.75, 3.05) is 6.54 Å². The van der Waals surface area contributed by atoms with Crippen molar-refractivity contribution in [2.24, 2.45) is 4.99 Å². The molecule has 0 aromatic heterocycles. The SMILES string of the molecule is Cc1cc(F)ccc1Oc1cc(Cl)c(Cl)cc1C(=O)NC1=CC(=O)CN=C1. The highest BCUT2D eigenvalue weighted by Crippen LogP contribution is 2.34. The molecule has 0 atom stereocenters. The maximum absolute atomic E-state index is 13.3. The van der Waals surface area contributed by atoms with Crippen molar-refractivity contribution in [3.05, 3.63) is 69.1 Å². The van der Waals surface area contributed by atoms with E-state index < -0.39 is 11.7 Å². The molecule has 0 aliphatic carbocycles. The van der Waals surface area contributed by atoms with Crippen LogP contribution in [0.4, 0.5) is 4.39 Å². The fourth-order valence-electron chi connectivity index (χ4n) is 2.39. The predicted octanol–water partition coefficient (Wildman–Crippen LogP) is 4.50. The third-order valence-corrected chi connectivity index (χ3v) is 4.40. The predicted molar refractivity (Wildman–Crippen MR) is 102 cm³/mol. The van der Waals surface area contributed by atoms with Gasteiger partial charge in [-0.15, -0.1) is 0 Å². The lowest BCUT2D eigenvalue weighted by Gasteiger charge is -2.15. The van der Waals surface area contributed by atoms with Gasteiger partial charge in [-0.25, -0.2) is 4.39 Å². The Balaban J connectivity index is 1.94. The van der Waals surface area contributed by atoms with Gasteiger partial charge < -0.3 is 10.1 Å². The van der Waals surface area contributed by atoms with Crippen LogP contribution in [-0.2, 0) is 4.79 Å². The molecule has 1 N–H and O–H groups in total. The van der Waals surface area contributed by atoms with Gasteiger partial charge in [-0.05, 0) is 36.8 Å². The van der Waals surface area contributed by atoms with Gasteiger partial charge in [0.2, 0.25) is 0 Å². The molecule has 0 saturated heterocycles. The maximum atomic E-state index is 13.3. The number of dihydropyridines is 1. The van der Waals surface area contributed by atoms with E-state index in [0.29, 0.717) is 11.3 Å². The molecule has 138 valence electrons. The van der Waals surface area contributed by atoms with Crippen molar-refractivity contribution in [1.29, 1.82) is 0 Å². The topological polar surface area (TPSA) is 67.8 Å². The summed E-state index contributed by atoms with van der Waals surface area (Å²) in [5, 5.41) is 2.92. The molecule has 1 aliphatic heterocycles. The highest BCUT2D eigenvalue weighted by molar-refractivity contribution is 6.42. The second-order valence-electron chi connectivity index (χ2n) is 5.76. The largest absolute Gasteiger partial charge is 0.456 e. The summed E-state index contributed by atoms with van der Waals surface area (Å²) in [6.45, 7) is 1.72. The molecule has 0 fully saturated rings. The summed E-state index contributed by atoms with van der Waals surface area (Å²) in [7, 11) is 0. The second kappa shape index (κ2) is 7.90. The van der Waals surface area contributed by atoms with E-state index >= 15 is 0 Å². The lowest BCUT2D eigenvalue weighted by atomic mass is 10.1. The molecule has 2 aromatic rings. The van der Waals surface area contributed by atoms with Crippen molar-refractivity contribution in [3.63, 3.8) is 0 Å². The summed E-state index contributed by atoms with van der Waals surface area (Å²) < 4.78 is 19.1. The Morgan fingerprint density at radius 3 is 2.63 bits per heavy atom. The van der Waals surface area contributed by atoms with Crippen LogP contribution < -0.4 is 10.1 Å². The molecular weight excluding hydrogens is 394 g/mol. The molecule has 1 aliphatic rings. The Labute approximate surface area is 164 Å². The standard InChI is InChI=1S/C19H13Cl2FN2O3/c1-10-4-11(22)2-3-17(10)27-18-7-16(21)15(20)6-14(18)19(26)24-12-5-13(25)9-23-8-12/h2-8H,9H2,1H3,(H,24,26). The maximum Gasteiger partial charge on any atom is 0.259 e. The monoisotopic (exact) mass is 406 g/mol. The van der Waals surface area contributed by atoms with Gasteiger partial charge in [0.15, 0.2) is 5.78 Å². The fraction of sp³-hybridized carbons (Fsp3) is 0.105.